The molecule has 17 heavy (non-hydrogen) atoms. The van der Waals surface area contributed by atoms with Crippen LogP contribution in [0, 0.1) is 0 Å². The molecule has 1 N–H and O–H groups in total. The summed E-state index contributed by atoms with van der Waals surface area (Å²) in [6.07, 6.45) is 5.36. The summed E-state index contributed by atoms with van der Waals surface area (Å²) < 4.78 is 0. The summed E-state index contributed by atoms with van der Waals surface area (Å²) in [5.74, 6) is 0. The lowest BCUT2D eigenvalue weighted by Crippen LogP contribution is -2.28. The molecule has 0 bridgehead atoms. The van der Waals surface area contributed by atoms with Gasteiger partial charge in [-0.15, -0.1) is 0 Å². The van der Waals surface area contributed by atoms with Gasteiger partial charge in [0.05, 0.1) is 0 Å². The van der Waals surface area contributed by atoms with E-state index in [1.807, 2.05) is 0 Å². The molecule has 1 aliphatic carbocycles. The van der Waals surface area contributed by atoms with E-state index in [0.717, 1.165) is 6.54 Å². The molecular formula is C15H22N2. The fraction of sp³-hybridized carbons (Fsp3) is 0.600. The molecule has 92 valence electrons. The molecule has 2 nitrogen and oxygen atoms in total. The predicted molar refractivity (Wildman–Crippen MR) is 72.4 cm³/mol. The minimum atomic E-state index is 0.429. The Morgan fingerprint density at radius 2 is 1.88 bits per heavy atom. The zero-order chi connectivity index (χ0) is 11.7. The molecule has 0 unspecified atom stereocenters. The largest absolute Gasteiger partial charge is 0.371 e. The second-order valence-corrected chi connectivity index (χ2v) is 5.74. The van der Waals surface area contributed by atoms with Gasteiger partial charge in [-0.05, 0) is 44.2 Å². The highest BCUT2D eigenvalue weighted by molar-refractivity contribution is 5.54. The molecule has 3 rings (SSSR count). The van der Waals surface area contributed by atoms with Gasteiger partial charge in [0.2, 0.25) is 0 Å². The van der Waals surface area contributed by atoms with Crippen molar-refractivity contribution >= 4 is 5.69 Å². The average molecular weight is 230 g/mol. The van der Waals surface area contributed by atoms with Crippen LogP contribution >= 0.6 is 0 Å². The van der Waals surface area contributed by atoms with E-state index in [9.17, 15) is 0 Å². The summed E-state index contributed by atoms with van der Waals surface area (Å²) in [7, 11) is 0. The number of rotatable bonds is 4. The van der Waals surface area contributed by atoms with E-state index >= 15 is 0 Å². The van der Waals surface area contributed by atoms with E-state index in [1.165, 1.54) is 50.0 Å². The van der Waals surface area contributed by atoms with Crippen LogP contribution in [0.2, 0.25) is 0 Å². The number of hydrogen-bond acceptors (Lipinski definition) is 2. The molecule has 0 spiro atoms. The normalized spacial score (nSPS) is 21.8. The Hall–Kier alpha value is -1.02. The van der Waals surface area contributed by atoms with E-state index in [2.05, 4.69) is 41.4 Å². The summed E-state index contributed by atoms with van der Waals surface area (Å²) in [6.45, 7) is 5.80. The summed E-state index contributed by atoms with van der Waals surface area (Å²) >= 11 is 0. The lowest BCUT2D eigenvalue weighted by molar-refractivity contribution is 0.537. The van der Waals surface area contributed by atoms with Gasteiger partial charge >= 0.3 is 0 Å². The van der Waals surface area contributed by atoms with Crippen LogP contribution in [0.3, 0.4) is 0 Å². The number of para-hydroxylation sites is 1. The van der Waals surface area contributed by atoms with Crippen molar-refractivity contribution in [2.75, 3.05) is 18.0 Å². The standard InChI is InChI=1S/C15H22N2/c1-15(8-9-15)16-12-13-6-2-3-7-14(13)17-10-4-5-11-17/h2-3,6-7,16H,4-5,8-12H2,1H3. The fourth-order valence-corrected chi connectivity index (χ4v) is 2.60. The first-order valence-electron chi connectivity index (χ1n) is 6.85. The van der Waals surface area contributed by atoms with Crippen LogP contribution < -0.4 is 10.2 Å². The first-order valence-corrected chi connectivity index (χ1v) is 6.85. The van der Waals surface area contributed by atoms with Crippen LogP contribution in [0.15, 0.2) is 24.3 Å². The number of hydrogen-bond donors (Lipinski definition) is 1. The van der Waals surface area contributed by atoms with Gasteiger partial charge in [0.25, 0.3) is 0 Å². The highest BCUT2D eigenvalue weighted by atomic mass is 15.1. The lowest BCUT2D eigenvalue weighted by Gasteiger charge is -2.22. The number of nitrogens with one attached hydrogen (secondary N) is 1. The fourth-order valence-electron chi connectivity index (χ4n) is 2.60. The van der Waals surface area contributed by atoms with Crippen molar-refractivity contribution < 1.29 is 0 Å². The van der Waals surface area contributed by atoms with Crippen LogP contribution in [-0.4, -0.2) is 18.6 Å². The van der Waals surface area contributed by atoms with Gasteiger partial charge in [-0.1, -0.05) is 18.2 Å². The monoisotopic (exact) mass is 230 g/mol. The maximum absolute atomic E-state index is 3.69. The summed E-state index contributed by atoms with van der Waals surface area (Å²) in [4.78, 5) is 2.53. The zero-order valence-electron chi connectivity index (χ0n) is 10.7. The minimum absolute atomic E-state index is 0.429. The topological polar surface area (TPSA) is 15.3 Å². The minimum Gasteiger partial charge on any atom is -0.371 e. The van der Waals surface area contributed by atoms with Gasteiger partial charge in [-0.3, -0.25) is 0 Å². The number of benzene rings is 1. The molecule has 0 radical (unpaired) electrons. The second-order valence-electron chi connectivity index (χ2n) is 5.74. The molecule has 2 fully saturated rings. The van der Waals surface area contributed by atoms with Crippen LogP contribution in [0.4, 0.5) is 5.69 Å². The molecule has 1 saturated heterocycles. The first-order chi connectivity index (χ1) is 8.27. The summed E-state index contributed by atoms with van der Waals surface area (Å²) in [5.41, 5.74) is 3.34. The van der Waals surface area contributed by atoms with Gasteiger partial charge in [-0.2, -0.15) is 0 Å². The van der Waals surface area contributed by atoms with Gasteiger partial charge < -0.3 is 10.2 Å². The third-order valence-corrected chi connectivity index (χ3v) is 4.14. The van der Waals surface area contributed by atoms with Crippen molar-refractivity contribution in [1.29, 1.82) is 0 Å². The van der Waals surface area contributed by atoms with Crippen molar-refractivity contribution in [2.24, 2.45) is 0 Å². The molecule has 1 aromatic carbocycles. The van der Waals surface area contributed by atoms with Crippen molar-refractivity contribution in [2.45, 2.75) is 44.7 Å². The molecule has 1 saturated carbocycles. The SMILES string of the molecule is CC1(NCc2ccccc2N2CCCC2)CC1. The van der Waals surface area contributed by atoms with E-state index in [0.29, 0.717) is 5.54 Å². The predicted octanol–water partition coefficient (Wildman–Crippen LogP) is 2.93. The van der Waals surface area contributed by atoms with Crippen molar-refractivity contribution in [3.8, 4) is 0 Å². The Morgan fingerprint density at radius 1 is 1.18 bits per heavy atom. The molecule has 1 heterocycles. The van der Waals surface area contributed by atoms with Gasteiger partial charge in [-0.25, -0.2) is 0 Å². The van der Waals surface area contributed by atoms with Gasteiger partial charge in [0.1, 0.15) is 0 Å². The smallest absolute Gasteiger partial charge is 0.0411 e. The summed E-state index contributed by atoms with van der Waals surface area (Å²) in [5, 5.41) is 3.69. The van der Waals surface area contributed by atoms with Crippen LogP contribution in [0.5, 0.6) is 0 Å². The van der Waals surface area contributed by atoms with E-state index in [4.69, 9.17) is 0 Å². The molecule has 2 heteroatoms. The van der Waals surface area contributed by atoms with E-state index < -0.39 is 0 Å². The molecule has 0 aromatic heterocycles. The Morgan fingerprint density at radius 3 is 2.59 bits per heavy atom. The van der Waals surface area contributed by atoms with Crippen molar-refractivity contribution in [3.63, 3.8) is 0 Å². The lowest BCUT2D eigenvalue weighted by atomic mass is 10.1. The molecule has 1 aromatic rings. The van der Waals surface area contributed by atoms with Crippen LogP contribution in [0.25, 0.3) is 0 Å². The summed E-state index contributed by atoms with van der Waals surface area (Å²) in [6, 6.07) is 8.87. The molecule has 1 aliphatic heterocycles. The highest BCUT2D eigenvalue weighted by Crippen LogP contribution is 2.35. The van der Waals surface area contributed by atoms with Crippen molar-refractivity contribution in [1.82, 2.24) is 5.32 Å². The Bertz CT molecular complexity index is 390. The quantitative estimate of drug-likeness (QED) is 0.855. The van der Waals surface area contributed by atoms with Gasteiger partial charge in [0, 0.05) is 30.9 Å². The average Bonchev–Trinajstić information content (AvgIpc) is 2.88. The molecule has 2 aliphatic rings. The molecule has 0 atom stereocenters. The number of nitrogens with zero attached hydrogens (tertiary/aromatic N) is 1. The van der Waals surface area contributed by atoms with Crippen LogP contribution in [-0.2, 0) is 6.54 Å². The van der Waals surface area contributed by atoms with Gasteiger partial charge in [0.15, 0.2) is 0 Å². The zero-order valence-corrected chi connectivity index (χ0v) is 10.7. The van der Waals surface area contributed by atoms with Crippen LogP contribution in [0.1, 0.15) is 38.2 Å². The number of anilines is 1. The maximum Gasteiger partial charge on any atom is 0.0411 e. The molecular weight excluding hydrogens is 208 g/mol. The maximum atomic E-state index is 3.69. The Balaban J connectivity index is 1.73. The second kappa shape index (κ2) is 4.34. The Labute approximate surface area is 104 Å². The third kappa shape index (κ3) is 2.47. The van der Waals surface area contributed by atoms with Crippen molar-refractivity contribution in [3.05, 3.63) is 29.8 Å². The van der Waals surface area contributed by atoms with E-state index in [1.54, 1.807) is 0 Å². The van der Waals surface area contributed by atoms with E-state index in [-0.39, 0.29) is 0 Å². The molecule has 0 amide bonds. The Kier molecular flexibility index (Phi) is 2.83. The first kappa shape index (κ1) is 11.1. The third-order valence-electron chi connectivity index (χ3n) is 4.14. The highest BCUT2D eigenvalue weighted by Gasteiger charge is 2.36.